The van der Waals surface area contributed by atoms with Crippen LogP contribution in [0, 0.1) is 0 Å². The van der Waals surface area contributed by atoms with E-state index in [4.69, 9.17) is 18.9 Å². The Morgan fingerprint density at radius 1 is 0.952 bits per heavy atom. The molecule has 0 amide bonds. The molecule has 0 saturated carbocycles. The SMILES string of the molecule is COCCOCCCOCCOc1ccccc1C(C)=O. The number of rotatable bonds is 12. The van der Waals surface area contributed by atoms with Crippen molar-refractivity contribution in [1.29, 1.82) is 0 Å². The lowest BCUT2D eigenvalue weighted by Gasteiger charge is -2.10. The molecule has 0 spiro atoms. The van der Waals surface area contributed by atoms with Gasteiger partial charge in [0.2, 0.25) is 0 Å². The summed E-state index contributed by atoms with van der Waals surface area (Å²) in [5, 5.41) is 0. The molecule has 0 bridgehead atoms. The monoisotopic (exact) mass is 296 g/mol. The van der Waals surface area contributed by atoms with Gasteiger partial charge in [-0.3, -0.25) is 4.79 Å². The first-order valence-electron chi connectivity index (χ1n) is 7.13. The average molecular weight is 296 g/mol. The number of hydrogen-bond acceptors (Lipinski definition) is 5. The fourth-order valence-electron chi connectivity index (χ4n) is 1.70. The van der Waals surface area contributed by atoms with E-state index in [1.165, 1.54) is 6.92 Å². The molecule has 0 aromatic heterocycles. The fourth-order valence-corrected chi connectivity index (χ4v) is 1.70. The second kappa shape index (κ2) is 11.3. The number of ketones is 1. The largest absolute Gasteiger partial charge is 0.490 e. The maximum atomic E-state index is 11.4. The van der Waals surface area contributed by atoms with Crippen molar-refractivity contribution in [3.8, 4) is 5.75 Å². The van der Waals surface area contributed by atoms with Gasteiger partial charge in [-0.2, -0.15) is 0 Å². The molecule has 0 atom stereocenters. The minimum atomic E-state index is -0.000254. The van der Waals surface area contributed by atoms with Crippen LogP contribution in [0.1, 0.15) is 23.7 Å². The number of Topliss-reactive ketones (excluding diaryl/α,β-unsaturated/α-hetero) is 1. The Hall–Kier alpha value is -1.43. The van der Waals surface area contributed by atoms with E-state index in [-0.39, 0.29) is 5.78 Å². The normalized spacial score (nSPS) is 10.6. The van der Waals surface area contributed by atoms with Gasteiger partial charge in [-0.05, 0) is 25.5 Å². The molecular weight excluding hydrogens is 272 g/mol. The molecule has 0 fully saturated rings. The van der Waals surface area contributed by atoms with Gasteiger partial charge < -0.3 is 18.9 Å². The van der Waals surface area contributed by atoms with Crippen LogP contribution in [0.2, 0.25) is 0 Å². The minimum Gasteiger partial charge on any atom is -0.490 e. The molecule has 21 heavy (non-hydrogen) atoms. The van der Waals surface area contributed by atoms with Gasteiger partial charge in [-0.15, -0.1) is 0 Å². The molecule has 0 aliphatic rings. The Labute approximate surface area is 126 Å². The van der Waals surface area contributed by atoms with E-state index < -0.39 is 0 Å². The number of ether oxygens (including phenoxy) is 4. The predicted octanol–water partition coefficient (Wildman–Crippen LogP) is 2.34. The third-order valence-corrected chi connectivity index (χ3v) is 2.76. The molecule has 1 rings (SSSR count). The first-order chi connectivity index (χ1) is 10.3. The Bertz CT molecular complexity index is 405. The summed E-state index contributed by atoms with van der Waals surface area (Å²) in [5.74, 6) is 0.608. The molecule has 0 aliphatic heterocycles. The molecule has 0 unspecified atom stereocenters. The van der Waals surface area contributed by atoms with Gasteiger partial charge in [0.05, 0.1) is 25.4 Å². The average Bonchev–Trinajstić information content (AvgIpc) is 2.49. The maximum absolute atomic E-state index is 11.4. The highest BCUT2D eigenvalue weighted by Gasteiger charge is 2.06. The summed E-state index contributed by atoms with van der Waals surface area (Å²) < 4.78 is 21.2. The Morgan fingerprint density at radius 3 is 2.29 bits per heavy atom. The van der Waals surface area contributed by atoms with E-state index in [9.17, 15) is 4.79 Å². The quantitative estimate of drug-likeness (QED) is 0.438. The van der Waals surface area contributed by atoms with Crippen molar-refractivity contribution in [2.24, 2.45) is 0 Å². The Kier molecular flexibility index (Phi) is 9.44. The number of benzene rings is 1. The standard InChI is InChI=1S/C16H24O5/c1-14(17)15-6-3-4-7-16(15)21-13-12-20-9-5-8-19-11-10-18-2/h3-4,6-7H,5,8-13H2,1-2H3. The Morgan fingerprint density at radius 2 is 1.62 bits per heavy atom. The van der Waals surface area contributed by atoms with Gasteiger partial charge >= 0.3 is 0 Å². The highest BCUT2D eigenvalue weighted by Crippen LogP contribution is 2.18. The van der Waals surface area contributed by atoms with Crippen molar-refractivity contribution < 1.29 is 23.7 Å². The number of carbonyl (C=O) groups is 1. The lowest BCUT2D eigenvalue weighted by atomic mass is 10.1. The van der Waals surface area contributed by atoms with Gasteiger partial charge in [0.25, 0.3) is 0 Å². The molecule has 0 saturated heterocycles. The summed E-state index contributed by atoms with van der Waals surface area (Å²) >= 11 is 0. The second-order valence-electron chi connectivity index (χ2n) is 4.47. The van der Waals surface area contributed by atoms with Crippen molar-refractivity contribution in [3.63, 3.8) is 0 Å². The van der Waals surface area contributed by atoms with E-state index in [0.29, 0.717) is 51.0 Å². The summed E-state index contributed by atoms with van der Waals surface area (Å²) in [6.07, 6.45) is 0.841. The highest BCUT2D eigenvalue weighted by atomic mass is 16.5. The molecule has 5 nitrogen and oxygen atoms in total. The predicted molar refractivity (Wildman–Crippen MR) is 80.1 cm³/mol. The molecule has 0 radical (unpaired) electrons. The summed E-state index contributed by atoms with van der Waals surface area (Å²) in [7, 11) is 1.65. The van der Waals surface area contributed by atoms with Crippen LogP contribution in [0.25, 0.3) is 0 Å². The molecule has 0 N–H and O–H groups in total. The first kappa shape index (κ1) is 17.6. The van der Waals surface area contributed by atoms with Crippen LogP contribution in [0.4, 0.5) is 0 Å². The lowest BCUT2D eigenvalue weighted by molar-refractivity contribution is 0.0458. The van der Waals surface area contributed by atoms with E-state index in [2.05, 4.69) is 0 Å². The summed E-state index contributed by atoms with van der Waals surface area (Å²) in [6.45, 7) is 4.97. The van der Waals surface area contributed by atoms with Crippen LogP contribution in [0.3, 0.4) is 0 Å². The molecule has 0 aliphatic carbocycles. The highest BCUT2D eigenvalue weighted by molar-refractivity contribution is 5.96. The van der Waals surface area contributed by atoms with E-state index in [1.807, 2.05) is 12.1 Å². The molecule has 1 aromatic rings. The molecule has 0 heterocycles. The zero-order chi connectivity index (χ0) is 15.3. The minimum absolute atomic E-state index is 0.000254. The van der Waals surface area contributed by atoms with Crippen molar-refractivity contribution >= 4 is 5.78 Å². The van der Waals surface area contributed by atoms with Gasteiger partial charge in [0.1, 0.15) is 12.4 Å². The fraction of sp³-hybridized carbons (Fsp3) is 0.562. The molecule has 118 valence electrons. The zero-order valence-corrected chi connectivity index (χ0v) is 12.8. The van der Waals surface area contributed by atoms with Crippen LogP contribution < -0.4 is 4.74 Å². The van der Waals surface area contributed by atoms with Gasteiger partial charge in [0, 0.05) is 20.3 Å². The molecule has 5 heteroatoms. The van der Waals surface area contributed by atoms with E-state index in [0.717, 1.165) is 6.42 Å². The zero-order valence-electron chi connectivity index (χ0n) is 12.8. The van der Waals surface area contributed by atoms with Crippen LogP contribution in [0.5, 0.6) is 5.75 Å². The summed E-state index contributed by atoms with van der Waals surface area (Å²) in [6, 6.07) is 7.22. The van der Waals surface area contributed by atoms with Crippen LogP contribution in [0.15, 0.2) is 24.3 Å². The third kappa shape index (κ3) is 7.80. The van der Waals surface area contributed by atoms with Crippen molar-refractivity contribution in [2.75, 3.05) is 46.8 Å². The van der Waals surface area contributed by atoms with Crippen LogP contribution >= 0.6 is 0 Å². The molecular formula is C16H24O5. The number of para-hydroxylation sites is 1. The van der Waals surface area contributed by atoms with Crippen LogP contribution in [-0.4, -0.2) is 52.5 Å². The topological polar surface area (TPSA) is 54.0 Å². The van der Waals surface area contributed by atoms with Crippen molar-refractivity contribution in [2.45, 2.75) is 13.3 Å². The Balaban J connectivity index is 2.06. The van der Waals surface area contributed by atoms with Gasteiger partial charge in [-0.1, -0.05) is 12.1 Å². The van der Waals surface area contributed by atoms with Gasteiger partial charge in [-0.25, -0.2) is 0 Å². The number of methoxy groups -OCH3 is 1. The number of hydrogen-bond donors (Lipinski definition) is 0. The van der Waals surface area contributed by atoms with Crippen molar-refractivity contribution in [3.05, 3.63) is 29.8 Å². The number of carbonyl (C=O) groups excluding carboxylic acids is 1. The smallest absolute Gasteiger partial charge is 0.163 e. The molecule has 1 aromatic carbocycles. The van der Waals surface area contributed by atoms with Gasteiger partial charge in [0.15, 0.2) is 5.78 Å². The third-order valence-electron chi connectivity index (χ3n) is 2.76. The summed E-state index contributed by atoms with van der Waals surface area (Å²) in [5.41, 5.74) is 0.601. The first-order valence-corrected chi connectivity index (χ1v) is 7.13. The maximum Gasteiger partial charge on any atom is 0.163 e. The van der Waals surface area contributed by atoms with E-state index in [1.54, 1.807) is 19.2 Å². The van der Waals surface area contributed by atoms with E-state index >= 15 is 0 Å². The summed E-state index contributed by atoms with van der Waals surface area (Å²) in [4.78, 5) is 11.4. The second-order valence-corrected chi connectivity index (χ2v) is 4.47. The van der Waals surface area contributed by atoms with Crippen LogP contribution in [-0.2, 0) is 14.2 Å². The lowest BCUT2D eigenvalue weighted by Crippen LogP contribution is -2.11. The van der Waals surface area contributed by atoms with Crippen molar-refractivity contribution in [1.82, 2.24) is 0 Å².